The number of primary amides is 1. The second-order valence-corrected chi connectivity index (χ2v) is 4.87. The van der Waals surface area contributed by atoms with Crippen LogP contribution in [0.4, 0.5) is 11.4 Å². The van der Waals surface area contributed by atoms with Gasteiger partial charge in [0, 0.05) is 0 Å². The molecule has 1 amide bonds. The summed E-state index contributed by atoms with van der Waals surface area (Å²) in [7, 11) is 0. The molecular formula is C13H19N3O4. The van der Waals surface area contributed by atoms with Crippen LogP contribution in [0, 0.1) is 10.1 Å². The van der Waals surface area contributed by atoms with E-state index in [1.54, 1.807) is 19.9 Å². The number of para-hydroxylation sites is 1. The Bertz CT molecular complexity index is 514. The van der Waals surface area contributed by atoms with Crippen LogP contribution in [0.5, 0.6) is 5.75 Å². The van der Waals surface area contributed by atoms with Gasteiger partial charge in [-0.05, 0) is 32.4 Å². The molecule has 0 aliphatic heterocycles. The maximum Gasteiger partial charge on any atom is 0.333 e. The zero-order valence-electron chi connectivity index (χ0n) is 11.8. The van der Waals surface area contributed by atoms with Gasteiger partial charge in [-0.2, -0.15) is 0 Å². The van der Waals surface area contributed by atoms with E-state index in [0.29, 0.717) is 6.61 Å². The van der Waals surface area contributed by atoms with E-state index in [9.17, 15) is 14.9 Å². The summed E-state index contributed by atoms with van der Waals surface area (Å²) in [4.78, 5) is 22.0. The van der Waals surface area contributed by atoms with Crippen LogP contribution in [0.1, 0.15) is 27.2 Å². The summed E-state index contributed by atoms with van der Waals surface area (Å²) in [5.74, 6) is -0.436. The van der Waals surface area contributed by atoms with Gasteiger partial charge >= 0.3 is 5.69 Å². The fourth-order valence-corrected chi connectivity index (χ4v) is 1.54. The van der Waals surface area contributed by atoms with E-state index in [4.69, 9.17) is 10.5 Å². The second kappa shape index (κ2) is 6.23. The molecule has 20 heavy (non-hydrogen) atoms. The number of hydrogen-bond acceptors (Lipinski definition) is 5. The summed E-state index contributed by atoms with van der Waals surface area (Å²) in [5, 5.41) is 14.0. The summed E-state index contributed by atoms with van der Waals surface area (Å²) in [5.41, 5.74) is 4.16. The van der Waals surface area contributed by atoms with Gasteiger partial charge in [0.25, 0.3) is 0 Å². The standard InChI is InChI=1S/C13H19N3O4/c1-4-8-20-10-7-5-6-9(11(10)16(18)19)15-13(2,3)12(14)17/h5-7,15H,4,8H2,1-3H3,(H2,14,17). The Hall–Kier alpha value is -2.31. The molecule has 1 aromatic rings. The van der Waals surface area contributed by atoms with Crippen molar-refractivity contribution in [3.05, 3.63) is 28.3 Å². The number of nitrogens with one attached hydrogen (secondary N) is 1. The number of ether oxygens (including phenoxy) is 1. The largest absolute Gasteiger partial charge is 0.487 e. The van der Waals surface area contributed by atoms with Gasteiger partial charge in [0.2, 0.25) is 5.91 Å². The van der Waals surface area contributed by atoms with Gasteiger partial charge in [-0.15, -0.1) is 0 Å². The quantitative estimate of drug-likeness (QED) is 0.587. The zero-order chi connectivity index (χ0) is 15.3. The maximum atomic E-state index is 11.3. The Labute approximate surface area is 117 Å². The highest BCUT2D eigenvalue weighted by Crippen LogP contribution is 2.36. The molecule has 110 valence electrons. The Balaban J connectivity index is 3.19. The molecule has 1 aromatic carbocycles. The van der Waals surface area contributed by atoms with E-state index >= 15 is 0 Å². The van der Waals surface area contributed by atoms with Crippen LogP contribution in [-0.2, 0) is 4.79 Å². The molecule has 3 N–H and O–H groups in total. The van der Waals surface area contributed by atoms with E-state index in [2.05, 4.69) is 5.32 Å². The van der Waals surface area contributed by atoms with Gasteiger partial charge in [-0.25, -0.2) is 0 Å². The topological polar surface area (TPSA) is 107 Å². The first-order valence-corrected chi connectivity index (χ1v) is 6.28. The van der Waals surface area contributed by atoms with Crippen LogP contribution in [0.3, 0.4) is 0 Å². The Kier molecular flexibility index (Phi) is 4.90. The van der Waals surface area contributed by atoms with Crippen LogP contribution in [0.2, 0.25) is 0 Å². The number of nitro benzene ring substituents is 1. The number of carbonyl (C=O) groups excluding carboxylic acids is 1. The third-order valence-corrected chi connectivity index (χ3v) is 2.71. The summed E-state index contributed by atoms with van der Waals surface area (Å²) >= 11 is 0. The molecule has 0 aromatic heterocycles. The Morgan fingerprint density at radius 3 is 2.65 bits per heavy atom. The predicted molar refractivity (Wildman–Crippen MR) is 75.8 cm³/mol. The molecule has 0 spiro atoms. The third kappa shape index (κ3) is 3.59. The van der Waals surface area contributed by atoms with Crippen LogP contribution < -0.4 is 15.8 Å². The lowest BCUT2D eigenvalue weighted by Gasteiger charge is -2.23. The van der Waals surface area contributed by atoms with E-state index < -0.39 is 16.4 Å². The van der Waals surface area contributed by atoms with Gasteiger partial charge < -0.3 is 15.8 Å². The Morgan fingerprint density at radius 2 is 2.15 bits per heavy atom. The second-order valence-electron chi connectivity index (χ2n) is 4.87. The smallest absolute Gasteiger partial charge is 0.333 e. The summed E-state index contributed by atoms with van der Waals surface area (Å²) in [6.45, 7) is 5.39. The molecule has 0 heterocycles. The number of hydrogen-bond donors (Lipinski definition) is 2. The number of benzene rings is 1. The lowest BCUT2D eigenvalue weighted by molar-refractivity contribution is -0.385. The molecule has 0 atom stereocenters. The van der Waals surface area contributed by atoms with Gasteiger partial charge in [0.15, 0.2) is 5.75 Å². The fraction of sp³-hybridized carbons (Fsp3) is 0.462. The van der Waals surface area contributed by atoms with E-state index in [1.807, 2.05) is 6.92 Å². The molecule has 0 saturated carbocycles. The first-order chi connectivity index (χ1) is 9.29. The van der Waals surface area contributed by atoms with E-state index in [-0.39, 0.29) is 17.1 Å². The molecule has 0 aliphatic carbocycles. The number of anilines is 1. The van der Waals surface area contributed by atoms with Crippen molar-refractivity contribution in [2.45, 2.75) is 32.7 Å². The molecule has 0 saturated heterocycles. The normalized spacial score (nSPS) is 10.9. The monoisotopic (exact) mass is 281 g/mol. The number of carbonyl (C=O) groups is 1. The maximum absolute atomic E-state index is 11.3. The van der Waals surface area contributed by atoms with Gasteiger partial charge in [-0.3, -0.25) is 14.9 Å². The summed E-state index contributed by atoms with van der Waals surface area (Å²) < 4.78 is 5.37. The minimum atomic E-state index is -1.10. The molecule has 0 fully saturated rings. The minimum absolute atomic E-state index is 0.169. The van der Waals surface area contributed by atoms with Crippen molar-refractivity contribution in [3.8, 4) is 5.75 Å². The van der Waals surface area contributed by atoms with Crippen LogP contribution in [-0.4, -0.2) is 23.0 Å². The predicted octanol–water partition coefficient (Wildman–Crippen LogP) is 2.06. The number of nitrogens with two attached hydrogens (primary N) is 1. The van der Waals surface area contributed by atoms with Crippen molar-refractivity contribution in [2.75, 3.05) is 11.9 Å². The number of nitro groups is 1. The van der Waals surface area contributed by atoms with Crippen molar-refractivity contribution in [1.29, 1.82) is 0 Å². The highest BCUT2D eigenvalue weighted by Gasteiger charge is 2.29. The van der Waals surface area contributed by atoms with E-state index in [0.717, 1.165) is 6.42 Å². The fourth-order valence-electron chi connectivity index (χ4n) is 1.54. The van der Waals surface area contributed by atoms with Crippen molar-refractivity contribution in [3.63, 3.8) is 0 Å². The van der Waals surface area contributed by atoms with Gasteiger partial charge in [-0.1, -0.05) is 13.0 Å². The van der Waals surface area contributed by atoms with Gasteiger partial charge in [0.05, 0.1) is 11.5 Å². The average Bonchev–Trinajstić information content (AvgIpc) is 2.35. The number of nitrogens with zero attached hydrogens (tertiary/aromatic N) is 1. The molecule has 7 heteroatoms. The first-order valence-electron chi connectivity index (χ1n) is 6.28. The first kappa shape index (κ1) is 15.7. The number of amides is 1. The summed E-state index contributed by atoms with van der Waals surface area (Å²) in [6, 6.07) is 4.66. The molecule has 7 nitrogen and oxygen atoms in total. The molecule has 1 rings (SSSR count). The highest BCUT2D eigenvalue weighted by atomic mass is 16.6. The van der Waals surface area contributed by atoms with Crippen LogP contribution in [0.15, 0.2) is 18.2 Å². The molecular weight excluding hydrogens is 262 g/mol. The number of rotatable bonds is 7. The third-order valence-electron chi connectivity index (χ3n) is 2.71. The lowest BCUT2D eigenvalue weighted by atomic mass is 10.0. The highest BCUT2D eigenvalue weighted by molar-refractivity contribution is 5.88. The summed E-state index contributed by atoms with van der Waals surface area (Å²) in [6.07, 6.45) is 0.738. The Morgan fingerprint density at radius 1 is 1.50 bits per heavy atom. The van der Waals surface area contributed by atoms with Crippen LogP contribution >= 0.6 is 0 Å². The van der Waals surface area contributed by atoms with E-state index in [1.165, 1.54) is 12.1 Å². The molecule has 0 bridgehead atoms. The minimum Gasteiger partial charge on any atom is -0.487 e. The SMILES string of the molecule is CCCOc1cccc(NC(C)(C)C(N)=O)c1[N+](=O)[O-]. The van der Waals surface area contributed by atoms with Crippen molar-refractivity contribution in [1.82, 2.24) is 0 Å². The van der Waals surface area contributed by atoms with Gasteiger partial charge in [0.1, 0.15) is 11.2 Å². The molecule has 0 aliphatic rings. The van der Waals surface area contributed by atoms with Crippen LogP contribution in [0.25, 0.3) is 0 Å². The molecule has 0 radical (unpaired) electrons. The van der Waals surface area contributed by atoms with Crippen molar-refractivity contribution >= 4 is 17.3 Å². The van der Waals surface area contributed by atoms with Crippen molar-refractivity contribution in [2.24, 2.45) is 5.73 Å². The average molecular weight is 281 g/mol. The molecule has 0 unspecified atom stereocenters. The lowest BCUT2D eigenvalue weighted by Crippen LogP contribution is -2.45. The van der Waals surface area contributed by atoms with Crippen molar-refractivity contribution < 1.29 is 14.5 Å². The zero-order valence-corrected chi connectivity index (χ0v) is 11.8.